The van der Waals surface area contributed by atoms with E-state index in [1.807, 2.05) is 0 Å². The molecule has 2 aliphatic heterocycles. The smallest absolute Gasteiger partial charge is 0.314 e. The summed E-state index contributed by atoms with van der Waals surface area (Å²) in [5, 5.41) is 1.58. The van der Waals surface area contributed by atoms with Crippen molar-refractivity contribution in [3.05, 3.63) is 57.9 Å². The fourth-order valence-corrected chi connectivity index (χ4v) is 4.24. The van der Waals surface area contributed by atoms with Crippen LogP contribution in [0.2, 0.25) is 5.02 Å². The number of aromatic nitrogens is 1. The van der Waals surface area contributed by atoms with Crippen molar-refractivity contribution in [3.63, 3.8) is 0 Å². The summed E-state index contributed by atoms with van der Waals surface area (Å²) < 4.78 is 66.6. The van der Waals surface area contributed by atoms with Crippen molar-refractivity contribution in [2.45, 2.75) is 37.5 Å². The average molecular weight is 418 g/mol. The lowest BCUT2D eigenvalue weighted by molar-refractivity contribution is -0.137. The van der Waals surface area contributed by atoms with E-state index in [9.17, 15) is 26.7 Å². The van der Waals surface area contributed by atoms with Gasteiger partial charge in [-0.2, -0.15) is 17.6 Å². The Balaban J connectivity index is 1.61. The number of anilines is 1. The zero-order chi connectivity index (χ0) is 20.2. The first-order chi connectivity index (χ1) is 13.2. The molecule has 28 heavy (non-hydrogen) atoms. The van der Waals surface area contributed by atoms with Crippen LogP contribution in [0.4, 0.5) is 32.4 Å². The van der Waals surface area contributed by atoms with Crippen LogP contribution in [0.5, 0.6) is 0 Å². The molecule has 0 saturated carbocycles. The summed E-state index contributed by atoms with van der Waals surface area (Å²) in [6.45, 7) is 0. The molecule has 0 spiro atoms. The minimum absolute atomic E-state index is 0.249. The monoisotopic (exact) mass is 417 g/mol. The highest BCUT2D eigenvalue weighted by Gasteiger charge is 2.44. The van der Waals surface area contributed by atoms with Crippen molar-refractivity contribution in [2.24, 2.45) is 0 Å². The van der Waals surface area contributed by atoms with Gasteiger partial charge in [0, 0.05) is 17.8 Å². The number of amides is 2. The number of nitrogens with zero attached hydrogens (tertiary/aromatic N) is 2. The molecule has 2 amide bonds. The third-order valence-electron chi connectivity index (χ3n) is 5.18. The Morgan fingerprint density at radius 3 is 2.71 bits per heavy atom. The maximum Gasteiger partial charge on any atom is 0.417 e. The average Bonchev–Trinajstić information content (AvgIpc) is 2.93. The van der Waals surface area contributed by atoms with Crippen LogP contribution >= 0.6 is 11.6 Å². The van der Waals surface area contributed by atoms with Crippen molar-refractivity contribution in [1.82, 2.24) is 9.88 Å². The predicted molar refractivity (Wildman–Crippen MR) is 90.9 cm³/mol. The van der Waals surface area contributed by atoms with Gasteiger partial charge < -0.3 is 10.2 Å². The minimum atomic E-state index is -4.81. The Kier molecular flexibility index (Phi) is 4.45. The molecule has 1 aromatic carbocycles. The third-order valence-corrected chi connectivity index (χ3v) is 5.49. The highest BCUT2D eigenvalue weighted by Crippen LogP contribution is 2.44. The molecular formula is C18H13ClF5N3O. The van der Waals surface area contributed by atoms with E-state index in [0.29, 0.717) is 24.0 Å². The molecule has 0 radical (unpaired) electrons. The Bertz CT molecular complexity index is 965. The Morgan fingerprint density at radius 1 is 1.25 bits per heavy atom. The van der Waals surface area contributed by atoms with E-state index < -0.39 is 46.3 Å². The van der Waals surface area contributed by atoms with E-state index in [0.717, 1.165) is 6.07 Å². The van der Waals surface area contributed by atoms with E-state index in [1.54, 1.807) is 6.07 Å². The van der Waals surface area contributed by atoms with E-state index in [4.69, 9.17) is 11.6 Å². The molecule has 10 heteroatoms. The predicted octanol–water partition coefficient (Wildman–Crippen LogP) is 5.33. The summed E-state index contributed by atoms with van der Waals surface area (Å²) in [6, 6.07) is 1.24. The SMILES string of the molecule is O=C(Nc1cc(Cl)c(C(F)(F)F)cc1F)N1C2CCC1c1ccnc(F)c1C2. The second-order valence-corrected chi connectivity index (χ2v) is 7.17. The summed E-state index contributed by atoms with van der Waals surface area (Å²) in [4.78, 5) is 17.9. The molecule has 4 nitrogen and oxygen atoms in total. The van der Waals surface area contributed by atoms with E-state index in [2.05, 4.69) is 10.3 Å². The fraction of sp³-hybridized carbons (Fsp3) is 0.333. The molecule has 3 heterocycles. The molecule has 2 atom stereocenters. The van der Waals surface area contributed by atoms with Gasteiger partial charge in [-0.25, -0.2) is 14.2 Å². The normalized spacial score (nSPS) is 20.9. The van der Waals surface area contributed by atoms with Crippen molar-refractivity contribution in [3.8, 4) is 0 Å². The summed E-state index contributed by atoms with van der Waals surface area (Å²) in [7, 11) is 0. The van der Waals surface area contributed by atoms with Gasteiger partial charge >= 0.3 is 12.2 Å². The highest BCUT2D eigenvalue weighted by molar-refractivity contribution is 6.31. The van der Waals surface area contributed by atoms with Crippen LogP contribution in [0.1, 0.15) is 35.6 Å². The molecule has 1 N–H and O–H groups in total. The second-order valence-electron chi connectivity index (χ2n) is 6.77. The standard InChI is InChI=1S/C18H13ClF5N3O/c19-12-7-14(13(20)6-11(12)18(22,23)24)26-17(28)27-8-1-2-15(27)9-3-4-25-16(21)10(9)5-8/h3-4,6-8,15H,1-2,5H2,(H,26,28). The largest absolute Gasteiger partial charge is 0.417 e. The first-order valence-electron chi connectivity index (χ1n) is 8.45. The molecule has 2 aromatic rings. The van der Waals surface area contributed by atoms with Crippen LogP contribution < -0.4 is 5.32 Å². The van der Waals surface area contributed by atoms with Gasteiger partial charge in [-0.3, -0.25) is 0 Å². The maximum absolute atomic E-state index is 14.1. The van der Waals surface area contributed by atoms with Crippen molar-refractivity contribution in [1.29, 1.82) is 0 Å². The van der Waals surface area contributed by atoms with Crippen LogP contribution in [-0.4, -0.2) is 22.0 Å². The van der Waals surface area contributed by atoms with Gasteiger partial charge in [0.25, 0.3) is 0 Å². The number of fused-ring (bicyclic) bond motifs is 4. The van der Waals surface area contributed by atoms with Crippen molar-refractivity contribution < 1.29 is 26.7 Å². The molecule has 148 valence electrons. The molecule has 0 aliphatic carbocycles. The van der Waals surface area contributed by atoms with Gasteiger partial charge in [0.05, 0.1) is 22.3 Å². The van der Waals surface area contributed by atoms with Gasteiger partial charge in [0.1, 0.15) is 5.82 Å². The first-order valence-corrected chi connectivity index (χ1v) is 8.83. The first kappa shape index (κ1) is 18.9. The Morgan fingerprint density at radius 2 is 2.00 bits per heavy atom. The van der Waals surface area contributed by atoms with Gasteiger partial charge in [0.15, 0.2) is 0 Å². The number of nitrogens with one attached hydrogen (secondary N) is 1. The summed E-state index contributed by atoms with van der Waals surface area (Å²) in [5.74, 6) is -1.82. The minimum Gasteiger partial charge on any atom is -0.314 e. The molecule has 1 fully saturated rings. The topological polar surface area (TPSA) is 45.2 Å². The van der Waals surface area contributed by atoms with E-state index in [1.165, 1.54) is 11.1 Å². The lowest BCUT2D eigenvalue weighted by Gasteiger charge is -2.36. The number of halogens is 6. The van der Waals surface area contributed by atoms with Crippen molar-refractivity contribution >= 4 is 23.3 Å². The molecule has 2 aliphatic rings. The van der Waals surface area contributed by atoms with Crippen LogP contribution in [0.3, 0.4) is 0 Å². The quantitative estimate of drug-likeness (QED) is 0.504. The maximum atomic E-state index is 14.1. The third kappa shape index (κ3) is 3.07. The van der Waals surface area contributed by atoms with E-state index in [-0.39, 0.29) is 18.5 Å². The lowest BCUT2D eigenvalue weighted by atomic mass is 9.95. The Hall–Kier alpha value is -2.42. The van der Waals surface area contributed by atoms with Crippen LogP contribution in [0, 0.1) is 11.8 Å². The molecule has 2 bridgehead atoms. The van der Waals surface area contributed by atoms with E-state index >= 15 is 0 Å². The number of carbonyl (C=O) groups is 1. The zero-order valence-corrected chi connectivity index (χ0v) is 14.9. The number of hydrogen-bond acceptors (Lipinski definition) is 2. The Labute approximate surface area is 161 Å². The van der Waals surface area contributed by atoms with Crippen LogP contribution in [-0.2, 0) is 12.6 Å². The van der Waals surface area contributed by atoms with Gasteiger partial charge in [-0.15, -0.1) is 0 Å². The summed E-state index contributed by atoms with van der Waals surface area (Å²) >= 11 is 5.61. The number of alkyl halides is 3. The van der Waals surface area contributed by atoms with Gasteiger partial charge in [-0.1, -0.05) is 11.6 Å². The number of carbonyl (C=O) groups excluding carboxylic acids is 1. The number of rotatable bonds is 1. The summed E-state index contributed by atoms with van der Waals surface area (Å²) in [5.41, 5.74) is -0.668. The second kappa shape index (κ2) is 6.58. The molecule has 4 rings (SSSR count). The van der Waals surface area contributed by atoms with Gasteiger partial charge in [0.2, 0.25) is 5.95 Å². The molecule has 1 saturated heterocycles. The van der Waals surface area contributed by atoms with Crippen molar-refractivity contribution in [2.75, 3.05) is 5.32 Å². The number of benzene rings is 1. The fourth-order valence-electron chi connectivity index (χ4n) is 3.97. The number of hydrogen-bond donors (Lipinski definition) is 1. The number of pyridine rings is 1. The molecular weight excluding hydrogens is 405 g/mol. The van der Waals surface area contributed by atoms with Crippen LogP contribution in [0.25, 0.3) is 0 Å². The lowest BCUT2D eigenvalue weighted by Crippen LogP contribution is -2.44. The number of urea groups is 1. The zero-order valence-electron chi connectivity index (χ0n) is 14.2. The van der Waals surface area contributed by atoms with Gasteiger partial charge in [-0.05, 0) is 43.0 Å². The van der Waals surface area contributed by atoms with Crippen LogP contribution in [0.15, 0.2) is 24.4 Å². The molecule has 1 aromatic heterocycles. The molecule has 2 unspecified atom stereocenters. The summed E-state index contributed by atoms with van der Waals surface area (Å²) in [6.07, 6.45) is -1.99. The highest BCUT2D eigenvalue weighted by atomic mass is 35.5.